The number of hydrogen-bond acceptors (Lipinski definition) is 4. The number of aromatic nitrogens is 2. The van der Waals surface area contributed by atoms with E-state index in [9.17, 15) is 4.79 Å². The van der Waals surface area contributed by atoms with Crippen molar-refractivity contribution in [3.63, 3.8) is 0 Å². The fourth-order valence-corrected chi connectivity index (χ4v) is 7.74. The molecule has 4 heteroatoms. The van der Waals surface area contributed by atoms with Gasteiger partial charge in [0.1, 0.15) is 5.78 Å². The zero-order valence-corrected chi connectivity index (χ0v) is 18.1. The first-order valence-corrected chi connectivity index (χ1v) is 11.9. The monoisotopic (exact) mass is 412 g/mol. The number of ketones is 1. The van der Waals surface area contributed by atoms with E-state index in [2.05, 4.69) is 41.4 Å². The van der Waals surface area contributed by atoms with Crippen LogP contribution in [-0.2, 0) is 16.0 Å². The van der Waals surface area contributed by atoms with Gasteiger partial charge in [0.05, 0.1) is 23.6 Å². The second kappa shape index (κ2) is 5.92. The van der Waals surface area contributed by atoms with Crippen molar-refractivity contribution in [3.05, 3.63) is 64.0 Å². The van der Waals surface area contributed by atoms with Crippen molar-refractivity contribution in [1.82, 2.24) is 10.2 Å². The third-order valence-corrected chi connectivity index (χ3v) is 9.28. The molecule has 158 valence electrons. The minimum absolute atomic E-state index is 0.0862. The van der Waals surface area contributed by atoms with Crippen molar-refractivity contribution in [3.8, 4) is 0 Å². The highest BCUT2D eigenvalue weighted by Crippen LogP contribution is 2.67. The van der Waals surface area contributed by atoms with E-state index in [0.717, 1.165) is 44.9 Å². The predicted molar refractivity (Wildman–Crippen MR) is 118 cm³/mol. The van der Waals surface area contributed by atoms with Crippen LogP contribution < -0.4 is 0 Å². The minimum atomic E-state index is -0.310. The number of fused-ring (bicyclic) bond motifs is 2. The topological polar surface area (TPSA) is 52.1 Å². The molecule has 31 heavy (non-hydrogen) atoms. The molecule has 4 atom stereocenters. The summed E-state index contributed by atoms with van der Waals surface area (Å²) >= 11 is 0. The lowest BCUT2D eigenvalue weighted by Gasteiger charge is -2.53. The number of allylic oxidation sites excluding steroid dienone is 4. The normalized spacial score (nSPS) is 40.0. The molecule has 3 heterocycles. The van der Waals surface area contributed by atoms with Gasteiger partial charge in [0, 0.05) is 24.2 Å². The SMILES string of the molecule is CC12CC=C3C=C4CCC(=O)C[C@]45CC[C@]3(O5)[C@@H]1CC=C2C1=Cc2cnncc2CC1. The molecule has 7 rings (SSSR count). The van der Waals surface area contributed by atoms with Gasteiger partial charge in [-0.3, -0.25) is 4.79 Å². The van der Waals surface area contributed by atoms with Gasteiger partial charge in [0.25, 0.3) is 0 Å². The first-order valence-electron chi connectivity index (χ1n) is 11.9. The number of hydrogen-bond donors (Lipinski definition) is 0. The molecule has 2 spiro atoms. The number of Topliss-reactive ketones (excluding diaryl/α,β-unsaturated/α-hetero) is 1. The van der Waals surface area contributed by atoms with Crippen LogP contribution in [-0.4, -0.2) is 27.2 Å². The summed E-state index contributed by atoms with van der Waals surface area (Å²) in [6.45, 7) is 2.46. The Morgan fingerprint density at radius 2 is 1.94 bits per heavy atom. The fraction of sp³-hybridized carbons (Fsp3) is 0.519. The van der Waals surface area contributed by atoms with Crippen LogP contribution in [0.5, 0.6) is 0 Å². The highest BCUT2D eigenvalue weighted by atomic mass is 16.5. The van der Waals surface area contributed by atoms with Gasteiger partial charge < -0.3 is 4.74 Å². The lowest BCUT2D eigenvalue weighted by Crippen LogP contribution is -2.53. The Morgan fingerprint density at radius 1 is 1.03 bits per heavy atom. The predicted octanol–water partition coefficient (Wildman–Crippen LogP) is 5.07. The van der Waals surface area contributed by atoms with Crippen molar-refractivity contribution in [1.29, 1.82) is 0 Å². The van der Waals surface area contributed by atoms with Crippen molar-refractivity contribution in [2.45, 2.75) is 75.9 Å². The Bertz CT molecular complexity index is 1160. The molecular weight excluding hydrogens is 384 g/mol. The smallest absolute Gasteiger partial charge is 0.136 e. The Morgan fingerprint density at radius 3 is 2.87 bits per heavy atom. The number of carbonyl (C=O) groups excluding carboxylic acids is 1. The number of rotatable bonds is 1. The molecule has 4 aliphatic carbocycles. The first kappa shape index (κ1) is 18.3. The molecule has 6 aliphatic rings. The molecule has 1 saturated carbocycles. The van der Waals surface area contributed by atoms with Crippen LogP contribution in [0, 0.1) is 11.3 Å². The van der Waals surface area contributed by atoms with Gasteiger partial charge in [-0.15, -0.1) is 0 Å². The highest BCUT2D eigenvalue weighted by Gasteiger charge is 2.65. The molecule has 0 N–H and O–H groups in total. The molecule has 0 radical (unpaired) electrons. The van der Waals surface area contributed by atoms with Crippen LogP contribution in [0.4, 0.5) is 0 Å². The second-order valence-corrected chi connectivity index (χ2v) is 10.7. The molecule has 4 nitrogen and oxygen atoms in total. The molecule has 1 aromatic heterocycles. The third-order valence-electron chi connectivity index (χ3n) is 9.28. The van der Waals surface area contributed by atoms with Crippen LogP contribution in [0.1, 0.15) is 69.4 Å². The Labute approximate surface area is 183 Å². The molecule has 2 aliphatic heterocycles. The maximum absolute atomic E-state index is 12.4. The first-order chi connectivity index (χ1) is 15.0. The summed E-state index contributed by atoms with van der Waals surface area (Å²) in [7, 11) is 0. The van der Waals surface area contributed by atoms with Gasteiger partial charge >= 0.3 is 0 Å². The van der Waals surface area contributed by atoms with Crippen molar-refractivity contribution < 1.29 is 9.53 Å². The van der Waals surface area contributed by atoms with Crippen molar-refractivity contribution >= 4 is 11.9 Å². The van der Waals surface area contributed by atoms with E-state index >= 15 is 0 Å². The summed E-state index contributed by atoms with van der Waals surface area (Å²) in [6, 6.07) is 0. The standard InChI is InChI=1S/C27H28N2O2/c1-25-9-8-21-13-20-4-5-22(30)14-26(20)10-11-27(21,31-26)24(25)7-6-23(25)17-2-3-18-15-28-29-16-19(18)12-17/h6,8,12-13,15-16,24H,2-5,7,9-11,14H2,1H3/t24-,25?,26-,27-/m1/s1. The summed E-state index contributed by atoms with van der Waals surface area (Å²) in [5.41, 5.74) is 7.85. The third kappa shape index (κ3) is 2.27. The van der Waals surface area contributed by atoms with E-state index in [4.69, 9.17) is 4.74 Å². The number of nitrogens with zero attached hydrogens (tertiary/aromatic N) is 2. The maximum atomic E-state index is 12.4. The van der Waals surface area contributed by atoms with Crippen LogP contribution >= 0.6 is 0 Å². The molecular formula is C27H28N2O2. The average molecular weight is 413 g/mol. The van der Waals surface area contributed by atoms with E-state index < -0.39 is 0 Å². The van der Waals surface area contributed by atoms with E-state index in [0.29, 0.717) is 24.5 Å². The van der Waals surface area contributed by atoms with Crippen LogP contribution in [0.2, 0.25) is 0 Å². The molecule has 1 saturated heterocycles. The van der Waals surface area contributed by atoms with Crippen LogP contribution in [0.3, 0.4) is 0 Å². The average Bonchev–Trinajstić information content (AvgIpc) is 3.28. The lowest BCUT2D eigenvalue weighted by molar-refractivity contribution is -0.144. The van der Waals surface area contributed by atoms with Crippen molar-refractivity contribution in [2.75, 3.05) is 0 Å². The minimum Gasteiger partial charge on any atom is -0.359 e. The molecule has 1 unspecified atom stereocenters. The van der Waals surface area contributed by atoms with Gasteiger partial charge in [0.15, 0.2) is 0 Å². The highest BCUT2D eigenvalue weighted by molar-refractivity contribution is 5.82. The molecule has 2 bridgehead atoms. The number of aryl methyl sites for hydroxylation is 1. The molecule has 0 aromatic carbocycles. The zero-order chi connectivity index (χ0) is 20.8. The maximum Gasteiger partial charge on any atom is 0.136 e. The second-order valence-electron chi connectivity index (χ2n) is 10.7. The zero-order valence-electron chi connectivity index (χ0n) is 18.1. The molecule has 0 amide bonds. The van der Waals surface area contributed by atoms with Gasteiger partial charge in [-0.1, -0.05) is 25.2 Å². The summed E-state index contributed by atoms with van der Waals surface area (Å²) in [5, 5.41) is 8.17. The largest absolute Gasteiger partial charge is 0.359 e. The van der Waals surface area contributed by atoms with E-state index in [1.165, 1.54) is 33.4 Å². The quantitative estimate of drug-likeness (QED) is 0.646. The van der Waals surface area contributed by atoms with Crippen molar-refractivity contribution in [2.24, 2.45) is 11.3 Å². The fourth-order valence-electron chi connectivity index (χ4n) is 7.74. The van der Waals surface area contributed by atoms with Gasteiger partial charge in [0.2, 0.25) is 0 Å². The molecule has 2 fully saturated rings. The Kier molecular flexibility index (Phi) is 3.49. The Hall–Kier alpha value is -2.33. The van der Waals surface area contributed by atoms with Crippen LogP contribution in [0.25, 0.3) is 6.08 Å². The van der Waals surface area contributed by atoms with E-state index in [1.807, 2.05) is 12.4 Å². The summed E-state index contributed by atoms with van der Waals surface area (Å²) in [6.07, 6.45) is 22.0. The van der Waals surface area contributed by atoms with E-state index in [-0.39, 0.29) is 16.6 Å². The van der Waals surface area contributed by atoms with Gasteiger partial charge in [-0.2, -0.15) is 10.2 Å². The summed E-state index contributed by atoms with van der Waals surface area (Å²) in [4.78, 5) is 12.4. The number of carbonyl (C=O) groups is 1. The van der Waals surface area contributed by atoms with Gasteiger partial charge in [-0.25, -0.2) is 0 Å². The summed E-state index contributed by atoms with van der Waals surface area (Å²) in [5.74, 6) is 0.821. The van der Waals surface area contributed by atoms with Crippen LogP contribution in [0.15, 0.2) is 52.9 Å². The summed E-state index contributed by atoms with van der Waals surface area (Å²) < 4.78 is 7.09. The molecule has 1 aromatic rings. The number of ether oxygens (including phenoxy) is 1. The Balaban J connectivity index is 1.29. The lowest BCUT2D eigenvalue weighted by atomic mass is 9.58. The van der Waals surface area contributed by atoms with E-state index in [1.54, 1.807) is 0 Å². The van der Waals surface area contributed by atoms with Gasteiger partial charge in [-0.05, 0) is 84.4 Å².